The highest BCUT2D eigenvalue weighted by Crippen LogP contribution is 2.24. The Labute approximate surface area is 117 Å². The molecule has 4 nitrogen and oxygen atoms in total. The standard InChI is InChI=1S/C15H18FN3O/c1-19(9-12-4-2-3-7-20-12)15-13-6-5-11(16)8-14(13)17-10-18-15/h5-6,8,10,12H,2-4,7,9H2,1H3/t12-/m1/s1. The molecule has 0 unspecified atom stereocenters. The molecule has 1 aromatic heterocycles. The topological polar surface area (TPSA) is 38.2 Å². The molecule has 1 aliphatic rings. The SMILES string of the molecule is CN(C[C@H]1CCCCO1)c1ncnc2cc(F)ccc12. The van der Waals surface area contributed by atoms with Gasteiger partial charge in [0, 0.05) is 31.7 Å². The zero-order valence-corrected chi connectivity index (χ0v) is 11.6. The van der Waals surface area contributed by atoms with Crippen LogP contribution >= 0.6 is 0 Å². The van der Waals surface area contributed by atoms with E-state index in [1.165, 1.54) is 24.9 Å². The first-order chi connectivity index (χ1) is 9.74. The summed E-state index contributed by atoms with van der Waals surface area (Å²) in [6, 6.07) is 4.61. The van der Waals surface area contributed by atoms with Gasteiger partial charge in [0.05, 0.1) is 11.6 Å². The Kier molecular flexibility index (Phi) is 3.78. The van der Waals surface area contributed by atoms with Crippen LogP contribution in [0.15, 0.2) is 24.5 Å². The third kappa shape index (κ3) is 2.72. The number of anilines is 1. The van der Waals surface area contributed by atoms with Gasteiger partial charge in [0.1, 0.15) is 18.0 Å². The van der Waals surface area contributed by atoms with Gasteiger partial charge in [-0.25, -0.2) is 14.4 Å². The Morgan fingerprint density at radius 2 is 2.25 bits per heavy atom. The van der Waals surface area contributed by atoms with Crippen LogP contribution in [0.5, 0.6) is 0 Å². The molecule has 0 bridgehead atoms. The Bertz CT molecular complexity index is 599. The van der Waals surface area contributed by atoms with Crippen molar-refractivity contribution in [1.82, 2.24) is 9.97 Å². The Balaban J connectivity index is 1.85. The van der Waals surface area contributed by atoms with E-state index in [0.29, 0.717) is 5.52 Å². The monoisotopic (exact) mass is 275 g/mol. The van der Waals surface area contributed by atoms with Crippen LogP contribution in [0.1, 0.15) is 19.3 Å². The Morgan fingerprint density at radius 3 is 3.05 bits per heavy atom. The van der Waals surface area contributed by atoms with Gasteiger partial charge < -0.3 is 9.64 Å². The van der Waals surface area contributed by atoms with Crippen LogP contribution in [0.2, 0.25) is 0 Å². The molecule has 2 aromatic rings. The number of fused-ring (bicyclic) bond motifs is 1. The molecule has 1 fully saturated rings. The predicted molar refractivity (Wildman–Crippen MR) is 76.4 cm³/mol. The van der Waals surface area contributed by atoms with Gasteiger partial charge >= 0.3 is 0 Å². The minimum atomic E-state index is -0.277. The zero-order valence-electron chi connectivity index (χ0n) is 11.6. The van der Waals surface area contributed by atoms with Crippen molar-refractivity contribution in [3.05, 3.63) is 30.3 Å². The van der Waals surface area contributed by atoms with E-state index in [2.05, 4.69) is 14.9 Å². The molecule has 3 rings (SSSR count). The van der Waals surface area contributed by atoms with E-state index in [1.54, 1.807) is 6.07 Å². The zero-order chi connectivity index (χ0) is 13.9. The number of rotatable bonds is 3. The number of halogens is 1. The summed E-state index contributed by atoms with van der Waals surface area (Å²) in [7, 11) is 1.99. The van der Waals surface area contributed by atoms with Crippen LogP contribution in [-0.4, -0.2) is 36.3 Å². The highest BCUT2D eigenvalue weighted by molar-refractivity contribution is 5.89. The number of ether oxygens (including phenoxy) is 1. The number of nitrogens with zero attached hydrogens (tertiary/aromatic N) is 3. The minimum absolute atomic E-state index is 0.249. The second-order valence-electron chi connectivity index (χ2n) is 5.23. The van der Waals surface area contributed by atoms with Gasteiger partial charge in [-0.3, -0.25) is 0 Å². The van der Waals surface area contributed by atoms with Crippen LogP contribution in [0, 0.1) is 5.82 Å². The van der Waals surface area contributed by atoms with E-state index >= 15 is 0 Å². The molecule has 20 heavy (non-hydrogen) atoms. The quantitative estimate of drug-likeness (QED) is 0.863. The van der Waals surface area contributed by atoms with E-state index in [9.17, 15) is 4.39 Å². The summed E-state index contributed by atoms with van der Waals surface area (Å²) >= 11 is 0. The van der Waals surface area contributed by atoms with Crippen molar-refractivity contribution in [3.8, 4) is 0 Å². The lowest BCUT2D eigenvalue weighted by Crippen LogP contribution is -2.33. The fourth-order valence-corrected chi connectivity index (χ4v) is 2.66. The van der Waals surface area contributed by atoms with E-state index in [4.69, 9.17) is 4.74 Å². The fourth-order valence-electron chi connectivity index (χ4n) is 2.66. The number of hydrogen-bond acceptors (Lipinski definition) is 4. The number of hydrogen-bond donors (Lipinski definition) is 0. The highest BCUT2D eigenvalue weighted by atomic mass is 19.1. The molecule has 1 saturated heterocycles. The van der Waals surface area contributed by atoms with Crippen LogP contribution < -0.4 is 4.90 Å². The number of aromatic nitrogens is 2. The van der Waals surface area contributed by atoms with Gasteiger partial charge in [-0.15, -0.1) is 0 Å². The summed E-state index contributed by atoms with van der Waals surface area (Å²) in [5.74, 6) is 0.546. The van der Waals surface area contributed by atoms with Crippen molar-refractivity contribution in [3.63, 3.8) is 0 Å². The summed E-state index contributed by atoms with van der Waals surface area (Å²) < 4.78 is 19.0. The lowest BCUT2D eigenvalue weighted by molar-refractivity contribution is 0.0215. The van der Waals surface area contributed by atoms with Crippen molar-refractivity contribution in [2.45, 2.75) is 25.4 Å². The van der Waals surface area contributed by atoms with Crippen LogP contribution in [0.4, 0.5) is 10.2 Å². The molecule has 0 amide bonds. The second kappa shape index (κ2) is 5.71. The molecule has 0 N–H and O–H groups in total. The van der Waals surface area contributed by atoms with Crippen molar-refractivity contribution >= 4 is 16.7 Å². The molecule has 1 aromatic carbocycles. The maximum atomic E-state index is 13.2. The lowest BCUT2D eigenvalue weighted by Gasteiger charge is -2.28. The van der Waals surface area contributed by atoms with Gasteiger partial charge in [0.15, 0.2) is 0 Å². The average molecular weight is 275 g/mol. The summed E-state index contributed by atoms with van der Waals surface area (Å²) in [5, 5.41) is 0.868. The molecule has 5 heteroatoms. The Morgan fingerprint density at radius 1 is 1.35 bits per heavy atom. The molecule has 2 heterocycles. The van der Waals surface area contributed by atoms with E-state index in [-0.39, 0.29) is 11.9 Å². The summed E-state index contributed by atoms with van der Waals surface area (Å²) in [6.45, 7) is 1.64. The van der Waals surface area contributed by atoms with Gasteiger partial charge in [-0.2, -0.15) is 0 Å². The van der Waals surface area contributed by atoms with Crippen LogP contribution in [-0.2, 0) is 4.74 Å². The molecule has 1 atom stereocenters. The first kappa shape index (κ1) is 13.2. The molecule has 0 radical (unpaired) electrons. The summed E-state index contributed by atoms with van der Waals surface area (Å²) in [6.07, 6.45) is 5.18. The molecule has 1 aliphatic heterocycles. The van der Waals surface area contributed by atoms with Crippen molar-refractivity contribution in [2.75, 3.05) is 25.1 Å². The first-order valence-electron chi connectivity index (χ1n) is 6.97. The number of likely N-dealkylation sites (N-methyl/N-ethyl adjacent to an activating group) is 1. The van der Waals surface area contributed by atoms with E-state index < -0.39 is 0 Å². The molecule has 0 spiro atoms. The largest absolute Gasteiger partial charge is 0.376 e. The van der Waals surface area contributed by atoms with E-state index in [0.717, 1.165) is 37.2 Å². The van der Waals surface area contributed by atoms with Crippen LogP contribution in [0.25, 0.3) is 10.9 Å². The number of benzene rings is 1. The molecule has 0 aliphatic carbocycles. The van der Waals surface area contributed by atoms with Crippen molar-refractivity contribution < 1.29 is 9.13 Å². The van der Waals surface area contributed by atoms with Gasteiger partial charge in [0.2, 0.25) is 0 Å². The fraction of sp³-hybridized carbons (Fsp3) is 0.467. The molecule has 106 valence electrons. The predicted octanol–water partition coefficient (Wildman–Crippen LogP) is 2.77. The summed E-state index contributed by atoms with van der Waals surface area (Å²) in [5.41, 5.74) is 0.631. The molecule has 0 saturated carbocycles. The normalized spacial score (nSPS) is 19.2. The van der Waals surface area contributed by atoms with Gasteiger partial charge in [-0.05, 0) is 31.4 Å². The Hall–Kier alpha value is -1.75. The highest BCUT2D eigenvalue weighted by Gasteiger charge is 2.18. The van der Waals surface area contributed by atoms with E-state index in [1.807, 2.05) is 7.05 Å². The third-order valence-electron chi connectivity index (χ3n) is 3.69. The van der Waals surface area contributed by atoms with Crippen molar-refractivity contribution in [1.29, 1.82) is 0 Å². The second-order valence-corrected chi connectivity index (χ2v) is 5.23. The van der Waals surface area contributed by atoms with Crippen molar-refractivity contribution in [2.24, 2.45) is 0 Å². The van der Waals surface area contributed by atoms with Crippen LogP contribution in [0.3, 0.4) is 0 Å². The average Bonchev–Trinajstić information content (AvgIpc) is 2.47. The molecular weight excluding hydrogens is 257 g/mol. The smallest absolute Gasteiger partial charge is 0.139 e. The minimum Gasteiger partial charge on any atom is -0.376 e. The van der Waals surface area contributed by atoms with Gasteiger partial charge in [0.25, 0.3) is 0 Å². The molecular formula is C15H18FN3O. The van der Waals surface area contributed by atoms with Gasteiger partial charge in [-0.1, -0.05) is 0 Å². The lowest BCUT2D eigenvalue weighted by atomic mass is 10.1. The third-order valence-corrected chi connectivity index (χ3v) is 3.69. The maximum absolute atomic E-state index is 13.2. The first-order valence-corrected chi connectivity index (χ1v) is 6.97. The summed E-state index contributed by atoms with van der Waals surface area (Å²) in [4.78, 5) is 10.5. The maximum Gasteiger partial charge on any atom is 0.139 e.